The fraction of sp³-hybridized carbons (Fsp3) is 0.321. The molecule has 7 heteroatoms. The number of carbonyl (C=O) groups excluding carboxylic acids is 1. The number of nitrogens with zero attached hydrogens (tertiary/aromatic N) is 2. The van der Waals surface area contributed by atoms with Crippen LogP contribution in [0.3, 0.4) is 0 Å². The van der Waals surface area contributed by atoms with Crippen molar-refractivity contribution in [3.8, 4) is 0 Å². The fourth-order valence-electron chi connectivity index (χ4n) is 4.37. The predicted molar refractivity (Wildman–Crippen MR) is 140 cm³/mol. The number of nitrogens with one attached hydrogen (secondary N) is 1. The first-order valence-corrected chi connectivity index (χ1v) is 13.6. The van der Waals surface area contributed by atoms with Crippen molar-refractivity contribution in [3.05, 3.63) is 95.6 Å². The zero-order chi connectivity index (χ0) is 24.7. The largest absolute Gasteiger partial charge is 0.350 e. The minimum atomic E-state index is -3.91. The zero-order valence-corrected chi connectivity index (χ0v) is 21.0. The van der Waals surface area contributed by atoms with E-state index in [-0.39, 0.29) is 17.3 Å². The van der Waals surface area contributed by atoms with Crippen molar-refractivity contribution in [2.45, 2.75) is 44.2 Å². The van der Waals surface area contributed by atoms with Gasteiger partial charge in [0.2, 0.25) is 5.91 Å². The van der Waals surface area contributed by atoms with Crippen LogP contribution in [0.1, 0.15) is 36.0 Å². The van der Waals surface area contributed by atoms with Gasteiger partial charge in [0.1, 0.15) is 6.54 Å². The maximum Gasteiger partial charge on any atom is 0.264 e. The normalized spacial score (nSPS) is 14.4. The number of aryl methyl sites for hydroxylation is 1. The van der Waals surface area contributed by atoms with E-state index in [0.717, 1.165) is 30.8 Å². The monoisotopic (exact) mass is 491 g/mol. The van der Waals surface area contributed by atoms with E-state index in [0.29, 0.717) is 12.2 Å². The Morgan fingerprint density at radius 1 is 0.857 bits per heavy atom. The van der Waals surface area contributed by atoms with Crippen LogP contribution in [0.25, 0.3) is 0 Å². The molecule has 0 radical (unpaired) electrons. The number of piperidine rings is 1. The molecule has 0 aliphatic carbocycles. The topological polar surface area (TPSA) is 69.7 Å². The van der Waals surface area contributed by atoms with Crippen molar-refractivity contribution in [2.75, 3.05) is 23.9 Å². The minimum Gasteiger partial charge on any atom is -0.350 e. The molecule has 1 aliphatic rings. The van der Waals surface area contributed by atoms with E-state index < -0.39 is 10.0 Å². The molecule has 0 aromatic heterocycles. The van der Waals surface area contributed by atoms with Gasteiger partial charge in [-0.3, -0.25) is 14.0 Å². The number of hydrogen-bond acceptors (Lipinski definition) is 4. The Bertz CT molecular complexity index is 1220. The summed E-state index contributed by atoms with van der Waals surface area (Å²) in [5.74, 6) is -0.349. The van der Waals surface area contributed by atoms with Crippen LogP contribution >= 0.6 is 0 Å². The molecule has 1 fully saturated rings. The highest BCUT2D eigenvalue weighted by molar-refractivity contribution is 7.92. The third kappa shape index (κ3) is 6.50. The molecule has 0 bridgehead atoms. The number of benzene rings is 3. The number of anilines is 1. The first-order chi connectivity index (χ1) is 16.9. The fourth-order valence-corrected chi connectivity index (χ4v) is 5.81. The highest BCUT2D eigenvalue weighted by atomic mass is 32.2. The van der Waals surface area contributed by atoms with E-state index in [4.69, 9.17) is 0 Å². The second kappa shape index (κ2) is 11.5. The molecule has 6 nitrogen and oxygen atoms in total. The van der Waals surface area contributed by atoms with Crippen LogP contribution in [0.2, 0.25) is 0 Å². The molecule has 0 unspecified atom stereocenters. The molecule has 1 saturated heterocycles. The number of likely N-dealkylation sites (tertiary alicyclic amines) is 1. The molecule has 1 N–H and O–H groups in total. The minimum absolute atomic E-state index is 0.153. The molecule has 0 saturated carbocycles. The maximum absolute atomic E-state index is 13.4. The Hall–Kier alpha value is -3.16. The smallest absolute Gasteiger partial charge is 0.264 e. The molecule has 1 aliphatic heterocycles. The van der Waals surface area contributed by atoms with Crippen molar-refractivity contribution in [2.24, 2.45) is 0 Å². The van der Waals surface area contributed by atoms with Crippen LogP contribution in [0.5, 0.6) is 0 Å². The van der Waals surface area contributed by atoms with Crippen molar-refractivity contribution >= 4 is 21.6 Å². The number of hydrogen-bond donors (Lipinski definition) is 1. The van der Waals surface area contributed by atoms with Gasteiger partial charge in [-0.1, -0.05) is 66.6 Å². The molecule has 3 aromatic carbocycles. The molecule has 184 valence electrons. The van der Waals surface area contributed by atoms with Crippen LogP contribution in [-0.2, 0) is 27.9 Å². The Morgan fingerprint density at radius 2 is 1.49 bits per heavy atom. The predicted octanol–water partition coefficient (Wildman–Crippen LogP) is 4.49. The van der Waals surface area contributed by atoms with E-state index in [2.05, 4.69) is 16.3 Å². The van der Waals surface area contributed by atoms with Crippen LogP contribution in [-0.4, -0.2) is 38.9 Å². The summed E-state index contributed by atoms with van der Waals surface area (Å²) in [5, 5.41) is 2.95. The lowest BCUT2D eigenvalue weighted by atomic mass is 10.0. The molecule has 3 aromatic rings. The number of carbonyl (C=O) groups is 1. The van der Waals surface area contributed by atoms with E-state index in [1.807, 2.05) is 37.3 Å². The molecule has 4 rings (SSSR count). The lowest BCUT2D eigenvalue weighted by Crippen LogP contribution is -2.40. The highest BCUT2D eigenvalue weighted by Gasteiger charge is 2.27. The third-order valence-electron chi connectivity index (χ3n) is 6.38. The average Bonchev–Trinajstić information content (AvgIpc) is 2.88. The summed E-state index contributed by atoms with van der Waals surface area (Å²) < 4.78 is 28.1. The molecular weight excluding hydrogens is 458 g/mol. The summed E-state index contributed by atoms with van der Waals surface area (Å²) in [6.07, 6.45) is 3.74. The quantitative estimate of drug-likeness (QED) is 0.479. The van der Waals surface area contributed by atoms with Gasteiger partial charge in [0.25, 0.3) is 10.0 Å². The Labute approximate surface area is 208 Å². The molecular formula is C28H33N3O3S. The SMILES string of the molecule is Cc1ccc(N(CC(=O)NCc2ccccc2CN2CCCCC2)S(=O)(=O)c2ccccc2)cc1. The van der Waals surface area contributed by atoms with E-state index in [9.17, 15) is 13.2 Å². The van der Waals surface area contributed by atoms with E-state index in [1.165, 1.54) is 29.1 Å². The summed E-state index contributed by atoms with van der Waals surface area (Å²) in [7, 11) is -3.91. The first kappa shape index (κ1) is 24.9. The standard InChI is InChI=1S/C28H33N3O3S/c1-23-14-16-26(17-15-23)31(35(33,34)27-12-4-2-5-13-27)22-28(32)29-20-24-10-6-7-11-25(24)21-30-18-8-3-9-19-30/h2,4-7,10-17H,3,8-9,18-22H2,1H3,(H,29,32). The highest BCUT2D eigenvalue weighted by Crippen LogP contribution is 2.24. The summed E-state index contributed by atoms with van der Waals surface area (Å²) in [4.78, 5) is 15.6. The summed E-state index contributed by atoms with van der Waals surface area (Å²) in [6.45, 7) is 5.06. The van der Waals surface area contributed by atoms with Crippen LogP contribution in [0, 0.1) is 6.92 Å². The van der Waals surface area contributed by atoms with Crippen LogP contribution < -0.4 is 9.62 Å². The first-order valence-electron chi connectivity index (χ1n) is 12.1. The zero-order valence-electron chi connectivity index (χ0n) is 20.2. The Balaban J connectivity index is 1.49. The number of sulfonamides is 1. The molecule has 1 heterocycles. The number of amides is 1. The third-order valence-corrected chi connectivity index (χ3v) is 8.17. The van der Waals surface area contributed by atoms with Gasteiger partial charge in [0.05, 0.1) is 10.6 Å². The second-order valence-electron chi connectivity index (χ2n) is 9.04. The molecule has 0 atom stereocenters. The van der Waals surface area contributed by atoms with Crippen molar-refractivity contribution < 1.29 is 13.2 Å². The van der Waals surface area contributed by atoms with Gasteiger partial charge in [0.15, 0.2) is 0 Å². The lowest BCUT2D eigenvalue weighted by molar-refractivity contribution is -0.119. The van der Waals surface area contributed by atoms with Crippen molar-refractivity contribution in [3.63, 3.8) is 0 Å². The molecule has 1 amide bonds. The Kier molecular flexibility index (Phi) is 8.21. The van der Waals surface area contributed by atoms with E-state index >= 15 is 0 Å². The number of rotatable bonds is 9. The summed E-state index contributed by atoms with van der Waals surface area (Å²) >= 11 is 0. The van der Waals surface area contributed by atoms with E-state index in [1.54, 1.807) is 42.5 Å². The average molecular weight is 492 g/mol. The Morgan fingerprint density at radius 3 is 2.17 bits per heavy atom. The van der Waals surface area contributed by atoms with Gasteiger partial charge >= 0.3 is 0 Å². The summed E-state index contributed by atoms with van der Waals surface area (Å²) in [5.41, 5.74) is 3.72. The van der Waals surface area contributed by atoms with Crippen molar-refractivity contribution in [1.82, 2.24) is 10.2 Å². The van der Waals surface area contributed by atoms with Gasteiger partial charge in [-0.15, -0.1) is 0 Å². The summed E-state index contributed by atoms with van der Waals surface area (Å²) in [6, 6.07) is 23.5. The maximum atomic E-state index is 13.4. The van der Waals surface area contributed by atoms with Gasteiger partial charge in [-0.2, -0.15) is 0 Å². The van der Waals surface area contributed by atoms with Crippen LogP contribution in [0.15, 0.2) is 83.8 Å². The van der Waals surface area contributed by atoms with Gasteiger partial charge in [-0.25, -0.2) is 8.42 Å². The molecule has 35 heavy (non-hydrogen) atoms. The van der Waals surface area contributed by atoms with Gasteiger partial charge < -0.3 is 5.32 Å². The van der Waals surface area contributed by atoms with Crippen LogP contribution in [0.4, 0.5) is 5.69 Å². The van der Waals surface area contributed by atoms with Gasteiger partial charge in [-0.05, 0) is 68.2 Å². The lowest BCUT2D eigenvalue weighted by Gasteiger charge is -2.27. The second-order valence-corrected chi connectivity index (χ2v) is 10.9. The molecule has 0 spiro atoms. The van der Waals surface area contributed by atoms with Crippen molar-refractivity contribution in [1.29, 1.82) is 0 Å². The van der Waals surface area contributed by atoms with Gasteiger partial charge in [0, 0.05) is 13.1 Å².